The van der Waals surface area contributed by atoms with Crippen LogP contribution in [0.4, 0.5) is 5.82 Å². The lowest BCUT2D eigenvalue weighted by Crippen LogP contribution is -2.41. The van der Waals surface area contributed by atoms with Crippen molar-refractivity contribution in [2.45, 2.75) is 33.1 Å². The number of aromatic nitrogens is 2. The van der Waals surface area contributed by atoms with Gasteiger partial charge < -0.3 is 9.64 Å². The van der Waals surface area contributed by atoms with E-state index in [2.05, 4.69) is 27.5 Å². The third-order valence-corrected chi connectivity index (χ3v) is 6.77. The molecule has 1 aliphatic rings. The predicted molar refractivity (Wildman–Crippen MR) is 133 cm³/mol. The van der Waals surface area contributed by atoms with E-state index in [0.717, 1.165) is 47.4 Å². The molecule has 4 aromatic rings. The fraction of sp³-hybridized carbons (Fsp3) is 0.321. The van der Waals surface area contributed by atoms with E-state index in [4.69, 9.17) is 9.72 Å². The van der Waals surface area contributed by atoms with Gasteiger partial charge >= 0.3 is 5.97 Å². The van der Waals surface area contributed by atoms with Crippen LogP contribution >= 0.6 is 0 Å². The highest BCUT2D eigenvalue weighted by atomic mass is 16.5. The van der Waals surface area contributed by atoms with Gasteiger partial charge in [-0.2, -0.15) is 5.26 Å². The second-order valence-electron chi connectivity index (χ2n) is 8.87. The van der Waals surface area contributed by atoms with Crippen LogP contribution in [-0.2, 0) is 16.0 Å². The second-order valence-corrected chi connectivity index (χ2v) is 8.87. The number of carbonyl (C=O) groups excluding carboxylic acids is 1. The van der Waals surface area contributed by atoms with Gasteiger partial charge in [-0.25, -0.2) is 4.98 Å². The molecule has 1 unspecified atom stereocenters. The number of rotatable bonds is 5. The summed E-state index contributed by atoms with van der Waals surface area (Å²) in [6.07, 6.45) is 2.42. The number of nitriles is 1. The molecule has 5 rings (SSSR count). The number of anilines is 1. The van der Waals surface area contributed by atoms with Crippen molar-refractivity contribution in [3.05, 3.63) is 76.9 Å². The number of imidazole rings is 1. The van der Waals surface area contributed by atoms with Gasteiger partial charge in [-0.05, 0) is 49.9 Å². The third kappa shape index (κ3) is 3.77. The van der Waals surface area contributed by atoms with Crippen LogP contribution in [0.15, 0.2) is 54.6 Å². The minimum atomic E-state index is -0.168. The Hall–Kier alpha value is -3.85. The zero-order valence-electron chi connectivity index (χ0n) is 19.6. The molecule has 0 amide bonds. The Kier molecular flexibility index (Phi) is 5.93. The summed E-state index contributed by atoms with van der Waals surface area (Å²) < 4.78 is 7.50. The Labute approximate surface area is 199 Å². The van der Waals surface area contributed by atoms with Gasteiger partial charge in [0.2, 0.25) is 0 Å². The number of piperidine rings is 1. The van der Waals surface area contributed by atoms with Gasteiger partial charge in [0, 0.05) is 25.1 Å². The van der Waals surface area contributed by atoms with Crippen LogP contribution in [0.1, 0.15) is 42.0 Å². The molecule has 0 aliphatic carbocycles. The Bertz CT molecular complexity index is 1400. The lowest BCUT2D eigenvalue weighted by atomic mass is 9.94. The number of hydrogen-bond acceptors (Lipinski definition) is 5. The molecule has 0 radical (unpaired) electrons. The van der Waals surface area contributed by atoms with Crippen LogP contribution in [-0.4, -0.2) is 35.1 Å². The minimum absolute atomic E-state index is 0.131. The number of carbonyl (C=O) groups is 1. The predicted octanol–water partition coefficient (Wildman–Crippen LogP) is 5.04. The molecule has 2 aromatic heterocycles. The second kappa shape index (κ2) is 9.18. The summed E-state index contributed by atoms with van der Waals surface area (Å²) in [6.45, 7) is 5.69. The van der Waals surface area contributed by atoms with Crippen LogP contribution in [0.2, 0.25) is 0 Å². The molecule has 0 N–H and O–H groups in total. The highest BCUT2D eigenvalue weighted by molar-refractivity contribution is 5.86. The van der Waals surface area contributed by atoms with Gasteiger partial charge in [-0.3, -0.25) is 9.20 Å². The number of benzene rings is 2. The Morgan fingerprint density at radius 1 is 1.18 bits per heavy atom. The van der Waals surface area contributed by atoms with Gasteiger partial charge in [0.25, 0.3) is 0 Å². The standard InChI is InChI=1S/C28H28N4O2/c1-3-34-28(33)21-12-9-15-31(18-21)27-22(16-20-10-5-4-6-11-20)19(2)23(17-29)26-30-24-13-7-8-14-25(24)32(26)27/h4-8,10-11,13-14,21H,3,9,12,15-16,18H2,1-2H3. The molecule has 0 saturated carbocycles. The van der Waals surface area contributed by atoms with E-state index in [0.29, 0.717) is 30.8 Å². The topological polar surface area (TPSA) is 70.6 Å². The Morgan fingerprint density at radius 3 is 2.71 bits per heavy atom. The minimum Gasteiger partial charge on any atom is -0.466 e. The molecule has 34 heavy (non-hydrogen) atoms. The number of esters is 1. The summed E-state index contributed by atoms with van der Waals surface area (Å²) in [5, 5.41) is 10.1. The van der Waals surface area contributed by atoms with E-state index in [1.807, 2.05) is 56.3 Å². The monoisotopic (exact) mass is 452 g/mol. The normalized spacial score (nSPS) is 16.0. The summed E-state index contributed by atoms with van der Waals surface area (Å²) in [7, 11) is 0. The van der Waals surface area contributed by atoms with Crippen molar-refractivity contribution in [1.82, 2.24) is 9.38 Å². The molecule has 6 heteroatoms. The van der Waals surface area contributed by atoms with E-state index in [1.54, 1.807) is 0 Å². The molecule has 1 atom stereocenters. The summed E-state index contributed by atoms with van der Waals surface area (Å²) in [5.74, 6) is 0.728. The molecule has 1 fully saturated rings. The average Bonchev–Trinajstić information content (AvgIpc) is 3.24. The molecule has 1 saturated heterocycles. The molecule has 0 spiro atoms. The lowest BCUT2D eigenvalue weighted by molar-refractivity contribution is -0.148. The largest absolute Gasteiger partial charge is 0.466 e. The lowest BCUT2D eigenvalue weighted by Gasteiger charge is -2.35. The Morgan fingerprint density at radius 2 is 1.94 bits per heavy atom. The maximum absolute atomic E-state index is 12.6. The first-order valence-electron chi connectivity index (χ1n) is 11.9. The highest BCUT2D eigenvalue weighted by Crippen LogP contribution is 2.36. The summed E-state index contributed by atoms with van der Waals surface area (Å²) >= 11 is 0. The molecule has 0 bridgehead atoms. The maximum Gasteiger partial charge on any atom is 0.310 e. The van der Waals surface area contributed by atoms with E-state index in [1.165, 1.54) is 5.56 Å². The van der Waals surface area contributed by atoms with Crippen LogP contribution in [0.5, 0.6) is 0 Å². The number of para-hydroxylation sites is 2. The number of fused-ring (bicyclic) bond motifs is 3. The number of nitrogens with zero attached hydrogens (tertiary/aromatic N) is 4. The Balaban J connectivity index is 1.76. The fourth-order valence-electron chi connectivity index (χ4n) is 5.13. The zero-order valence-corrected chi connectivity index (χ0v) is 19.6. The average molecular weight is 453 g/mol. The summed E-state index contributed by atoms with van der Waals surface area (Å²) in [6, 6.07) is 20.7. The van der Waals surface area contributed by atoms with Gasteiger partial charge in [0.15, 0.2) is 5.65 Å². The molecular weight excluding hydrogens is 424 g/mol. The van der Waals surface area contributed by atoms with Crippen molar-refractivity contribution < 1.29 is 9.53 Å². The van der Waals surface area contributed by atoms with E-state index < -0.39 is 0 Å². The summed E-state index contributed by atoms with van der Waals surface area (Å²) in [4.78, 5) is 19.8. The van der Waals surface area contributed by atoms with Gasteiger partial charge in [-0.15, -0.1) is 0 Å². The zero-order chi connectivity index (χ0) is 23.7. The maximum atomic E-state index is 12.6. The first kappa shape index (κ1) is 22.0. The van der Waals surface area contributed by atoms with Gasteiger partial charge in [0.05, 0.1) is 29.1 Å². The van der Waals surface area contributed by atoms with Crippen LogP contribution in [0.3, 0.4) is 0 Å². The molecule has 172 valence electrons. The molecular formula is C28H28N4O2. The molecule has 2 aromatic carbocycles. The first-order valence-corrected chi connectivity index (χ1v) is 11.9. The number of pyridine rings is 1. The van der Waals surface area contributed by atoms with Crippen molar-refractivity contribution in [1.29, 1.82) is 5.26 Å². The third-order valence-electron chi connectivity index (χ3n) is 6.77. The number of hydrogen-bond donors (Lipinski definition) is 0. The fourth-order valence-corrected chi connectivity index (χ4v) is 5.13. The van der Waals surface area contributed by atoms with E-state index >= 15 is 0 Å². The molecule has 1 aliphatic heterocycles. The van der Waals surface area contributed by atoms with Crippen molar-refractivity contribution in [2.24, 2.45) is 5.92 Å². The van der Waals surface area contributed by atoms with Crippen molar-refractivity contribution >= 4 is 28.5 Å². The van der Waals surface area contributed by atoms with Crippen molar-refractivity contribution in [3.8, 4) is 6.07 Å². The summed E-state index contributed by atoms with van der Waals surface area (Å²) in [5.41, 5.74) is 6.33. The van der Waals surface area contributed by atoms with E-state index in [-0.39, 0.29) is 11.9 Å². The van der Waals surface area contributed by atoms with E-state index in [9.17, 15) is 10.1 Å². The SMILES string of the molecule is CCOC(=O)C1CCCN(c2c(Cc3ccccc3)c(C)c(C#N)c3nc4ccccc4n23)C1. The van der Waals surface area contributed by atoms with Crippen molar-refractivity contribution in [2.75, 3.05) is 24.6 Å². The quantitative estimate of drug-likeness (QED) is 0.397. The number of ether oxygens (including phenoxy) is 1. The molecule has 6 nitrogen and oxygen atoms in total. The first-order chi connectivity index (χ1) is 16.6. The van der Waals surface area contributed by atoms with Crippen LogP contribution < -0.4 is 4.90 Å². The molecule has 3 heterocycles. The smallest absolute Gasteiger partial charge is 0.310 e. The van der Waals surface area contributed by atoms with Crippen LogP contribution in [0.25, 0.3) is 16.7 Å². The highest BCUT2D eigenvalue weighted by Gasteiger charge is 2.31. The van der Waals surface area contributed by atoms with Gasteiger partial charge in [0.1, 0.15) is 11.9 Å². The van der Waals surface area contributed by atoms with Gasteiger partial charge in [-0.1, -0.05) is 42.5 Å². The van der Waals surface area contributed by atoms with Crippen molar-refractivity contribution in [3.63, 3.8) is 0 Å². The van der Waals surface area contributed by atoms with Crippen LogP contribution in [0, 0.1) is 24.2 Å².